The number of nitrogens with one attached hydrogen (secondary N) is 1. The highest BCUT2D eigenvalue weighted by Crippen LogP contribution is 2.00. The molecule has 1 amide bonds. The van der Waals surface area contributed by atoms with Crippen molar-refractivity contribution in [3.05, 3.63) is 30.1 Å². The molecule has 0 radical (unpaired) electrons. The minimum absolute atomic E-state index is 0.160. The maximum absolute atomic E-state index is 11.9. The van der Waals surface area contributed by atoms with Crippen LogP contribution in [0.25, 0.3) is 0 Å². The van der Waals surface area contributed by atoms with E-state index in [2.05, 4.69) is 10.3 Å². The SMILES string of the molecule is O=C(CCc1ccccn1)NCC(O)C(F)F. The van der Waals surface area contributed by atoms with Crippen LogP contribution >= 0.6 is 0 Å². The Balaban J connectivity index is 2.22. The fourth-order valence-electron chi connectivity index (χ4n) is 1.18. The molecule has 0 spiro atoms. The topological polar surface area (TPSA) is 62.2 Å². The fourth-order valence-corrected chi connectivity index (χ4v) is 1.18. The molecular formula is C11H14F2N2O2. The number of aromatic nitrogens is 1. The molecule has 0 aliphatic heterocycles. The van der Waals surface area contributed by atoms with Crippen LogP contribution in [-0.4, -0.2) is 35.1 Å². The molecule has 1 aromatic rings. The highest BCUT2D eigenvalue weighted by molar-refractivity contribution is 5.76. The highest BCUT2D eigenvalue weighted by atomic mass is 19.3. The van der Waals surface area contributed by atoms with Gasteiger partial charge in [0.1, 0.15) is 6.10 Å². The minimum Gasteiger partial charge on any atom is -0.385 e. The molecule has 1 heterocycles. The second-order valence-electron chi connectivity index (χ2n) is 3.53. The van der Waals surface area contributed by atoms with Gasteiger partial charge >= 0.3 is 0 Å². The van der Waals surface area contributed by atoms with E-state index < -0.39 is 19.1 Å². The van der Waals surface area contributed by atoms with E-state index in [1.807, 2.05) is 0 Å². The monoisotopic (exact) mass is 244 g/mol. The van der Waals surface area contributed by atoms with E-state index in [1.165, 1.54) is 0 Å². The zero-order chi connectivity index (χ0) is 12.7. The first-order valence-electron chi connectivity index (χ1n) is 5.22. The molecule has 1 aromatic heterocycles. The van der Waals surface area contributed by atoms with Crippen LogP contribution in [0, 0.1) is 0 Å². The van der Waals surface area contributed by atoms with E-state index in [1.54, 1.807) is 24.4 Å². The maximum Gasteiger partial charge on any atom is 0.265 e. The summed E-state index contributed by atoms with van der Waals surface area (Å²) in [5.41, 5.74) is 0.761. The summed E-state index contributed by atoms with van der Waals surface area (Å²) in [7, 11) is 0. The van der Waals surface area contributed by atoms with Crippen molar-refractivity contribution in [1.29, 1.82) is 0 Å². The average Bonchev–Trinajstić information content (AvgIpc) is 2.34. The van der Waals surface area contributed by atoms with E-state index in [0.717, 1.165) is 5.69 Å². The molecule has 0 saturated carbocycles. The molecule has 0 saturated heterocycles. The lowest BCUT2D eigenvalue weighted by Crippen LogP contribution is -2.35. The lowest BCUT2D eigenvalue weighted by atomic mass is 10.2. The molecule has 0 aliphatic rings. The molecule has 1 atom stereocenters. The summed E-state index contributed by atoms with van der Waals surface area (Å²) in [6.07, 6.45) is -2.43. The normalized spacial score (nSPS) is 12.5. The largest absolute Gasteiger partial charge is 0.385 e. The number of aliphatic hydroxyl groups is 1. The number of rotatable bonds is 6. The molecule has 2 N–H and O–H groups in total. The molecule has 0 fully saturated rings. The summed E-state index contributed by atoms with van der Waals surface area (Å²) in [4.78, 5) is 15.3. The van der Waals surface area contributed by atoms with Crippen LogP contribution in [0.3, 0.4) is 0 Å². The van der Waals surface area contributed by atoms with Gasteiger partial charge in [-0.3, -0.25) is 9.78 Å². The molecule has 0 bridgehead atoms. The Morgan fingerprint density at radius 2 is 2.24 bits per heavy atom. The summed E-state index contributed by atoms with van der Waals surface area (Å²) >= 11 is 0. The van der Waals surface area contributed by atoms with Crippen LogP contribution in [-0.2, 0) is 11.2 Å². The van der Waals surface area contributed by atoms with Crippen molar-refractivity contribution in [3.63, 3.8) is 0 Å². The first kappa shape index (κ1) is 13.5. The van der Waals surface area contributed by atoms with Gasteiger partial charge in [-0.25, -0.2) is 8.78 Å². The molecule has 0 aromatic carbocycles. The zero-order valence-corrected chi connectivity index (χ0v) is 9.14. The van der Waals surface area contributed by atoms with E-state index >= 15 is 0 Å². The van der Waals surface area contributed by atoms with E-state index in [4.69, 9.17) is 5.11 Å². The summed E-state index contributed by atoms with van der Waals surface area (Å²) in [6, 6.07) is 5.35. The number of pyridine rings is 1. The number of hydrogen-bond donors (Lipinski definition) is 2. The van der Waals surface area contributed by atoms with Gasteiger partial charge in [-0.2, -0.15) is 0 Å². The van der Waals surface area contributed by atoms with Gasteiger partial charge in [0, 0.05) is 24.9 Å². The van der Waals surface area contributed by atoms with Gasteiger partial charge in [0.2, 0.25) is 5.91 Å². The van der Waals surface area contributed by atoms with E-state index in [9.17, 15) is 13.6 Å². The first-order chi connectivity index (χ1) is 8.09. The van der Waals surface area contributed by atoms with Gasteiger partial charge in [-0.05, 0) is 18.6 Å². The van der Waals surface area contributed by atoms with Crippen molar-refractivity contribution in [3.8, 4) is 0 Å². The summed E-state index contributed by atoms with van der Waals surface area (Å²) < 4.78 is 23.8. The predicted molar refractivity (Wildman–Crippen MR) is 57.6 cm³/mol. The van der Waals surface area contributed by atoms with Gasteiger partial charge in [-0.1, -0.05) is 6.07 Å². The predicted octanol–water partition coefficient (Wildman–Crippen LogP) is 0.756. The first-order valence-corrected chi connectivity index (χ1v) is 5.22. The Labute approximate surface area is 97.7 Å². The van der Waals surface area contributed by atoms with Gasteiger partial charge in [0.15, 0.2) is 0 Å². The highest BCUT2D eigenvalue weighted by Gasteiger charge is 2.17. The number of amides is 1. The molecule has 17 heavy (non-hydrogen) atoms. The quantitative estimate of drug-likeness (QED) is 0.776. The van der Waals surface area contributed by atoms with Crippen molar-refractivity contribution in [2.45, 2.75) is 25.4 Å². The number of alkyl halides is 2. The summed E-state index contributed by atoms with van der Waals surface area (Å²) in [5.74, 6) is -0.379. The third kappa shape index (κ3) is 5.35. The zero-order valence-electron chi connectivity index (χ0n) is 9.14. The minimum atomic E-state index is -2.84. The van der Waals surface area contributed by atoms with Crippen molar-refractivity contribution in [2.24, 2.45) is 0 Å². The standard InChI is InChI=1S/C11H14F2N2O2/c12-11(13)9(16)7-15-10(17)5-4-8-3-1-2-6-14-8/h1-3,6,9,11,16H,4-5,7H2,(H,15,17). The van der Waals surface area contributed by atoms with Crippen molar-refractivity contribution >= 4 is 5.91 Å². The lowest BCUT2D eigenvalue weighted by Gasteiger charge is -2.10. The van der Waals surface area contributed by atoms with Gasteiger partial charge in [0.05, 0.1) is 0 Å². The molecule has 94 valence electrons. The molecule has 0 aliphatic carbocycles. The Hall–Kier alpha value is -1.56. The molecule has 1 rings (SSSR count). The van der Waals surface area contributed by atoms with Crippen molar-refractivity contribution < 1.29 is 18.7 Å². The lowest BCUT2D eigenvalue weighted by molar-refractivity contribution is -0.122. The summed E-state index contributed by atoms with van der Waals surface area (Å²) in [6.45, 7) is -0.432. The number of aliphatic hydroxyl groups excluding tert-OH is 1. The second-order valence-corrected chi connectivity index (χ2v) is 3.53. The molecule has 4 nitrogen and oxygen atoms in total. The van der Waals surface area contributed by atoms with Gasteiger partial charge < -0.3 is 10.4 Å². The van der Waals surface area contributed by atoms with Crippen LogP contribution in [0.5, 0.6) is 0 Å². The number of carbonyl (C=O) groups is 1. The Bertz CT molecular complexity index is 347. The number of hydrogen-bond acceptors (Lipinski definition) is 3. The third-order valence-corrected chi connectivity index (χ3v) is 2.13. The van der Waals surface area contributed by atoms with Crippen LogP contribution in [0.4, 0.5) is 8.78 Å². The Morgan fingerprint density at radius 1 is 1.47 bits per heavy atom. The number of halogens is 2. The third-order valence-electron chi connectivity index (χ3n) is 2.13. The number of carbonyl (C=O) groups excluding carboxylic acids is 1. The summed E-state index contributed by atoms with van der Waals surface area (Å²) in [5, 5.41) is 11.0. The van der Waals surface area contributed by atoms with Crippen LogP contribution in [0.15, 0.2) is 24.4 Å². The molecule has 1 unspecified atom stereocenters. The van der Waals surface area contributed by atoms with Crippen LogP contribution < -0.4 is 5.32 Å². The Kier molecular flexibility index (Phi) is 5.48. The average molecular weight is 244 g/mol. The van der Waals surface area contributed by atoms with Crippen LogP contribution in [0.2, 0.25) is 0 Å². The maximum atomic E-state index is 11.9. The smallest absolute Gasteiger partial charge is 0.265 e. The van der Waals surface area contributed by atoms with E-state index in [-0.39, 0.29) is 12.3 Å². The van der Waals surface area contributed by atoms with Gasteiger partial charge in [-0.15, -0.1) is 0 Å². The van der Waals surface area contributed by atoms with E-state index in [0.29, 0.717) is 6.42 Å². The van der Waals surface area contributed by atoms with Crippen LogP contribution in [0.1, 0.15) is 12.1 Å². The van der Waals surface area contributed by atoms with Gasteiger partial charge in [0.25, 0.3) is 6.43 Å². The fraction of sp³-hybridized carbons (Fsp3) is 0.455. The molecule has 6 heteroatoms. The van der Waals surface area contributed by atoms with Crippen molar-refractivity contribution in [1.82, 2.24) is 10.3 Å². The second kappa shape index (κ2) is 6.90. The van der Waals surface area contributed by atoms with Crippen molar-refractivity contribution in [2.75, 3.05) is 6.54 Å². The number of aryl methyl sites for hydroxylation is 1. The Morgan fingerprint density at radius 3 is 2.82 bits per heavy atom. The molecular weight excluding hydrogens is 230 g/mol. The number of nitrogens with zero attached hydrogens (tertiary/aromatic N) is 1.